The fraction of sp³-hybridized carbons (Fsp3) is 0.800. The first-order valence-electron chi connectivity index (χ1n) is 14.2. The van der Waals surface area contributed by atoms with E-state index in [1.807, 2.05) is 0 Å². The lowest BCUT2D eigenvalue weighted by Crippen LogP contribution is -2.65. The van der Waals surface area contributed by atoms with Crippen LogP contribution in [0.3, 0.4) is 0 Å². The van der Waals surface area contributed by atoms with Crippen LogP contribution in [-0.4, -0.2) is 47.6 Å². The summed E-state index contributed by atoms with van der Waals surface area (Å²) in [6.45, 7) is 9.31. The van der Waals surface area contributed by atoms with E-state index in [0.29, 0.717) is 30.3 Å². The third-order valence-corrected chi connectivity index (χ3v) is 12.0. The molecule has 6 aliphatic rings. The number of carbonyl (C=O) groups excluding carboxylic acids is 2. The van der Waals surface area contributed by atoms with E-state index in [1.165, 1.54) is 0 Å². The van der Waals surface area contributed by atoms with Gasteiger partial charge in [0, 0.05) is 11.5 Å². The van der Waals surface area contributed by atoms with Gasteiger partial charge in [0.1, 0.15) is 12.7 Å². The number of esters is 1. The van der Waals surface area contributed by atoms with E-state index >= 15 is 0 Å². The van der Waals surface area contributed by atoms with Crippen molar-refractivity contribution in [3.63, 3.8) is 0 Å². The smallest absolute Gasteiger partial charge is 0.331 e. The lowest BCUT2D eigenvalue weighted by Gasteiger charge is -2.65. The summed E-state index contributed by atoms with van der Waals surface area (Å²) in [7, 11) is 0. The van der Waals surface area contributed by atoms with Crippen LogP contribution in [-0.2, 0) is 23.8 Å². The minimum atomic E-state index is -0.697. The van der Waals surface area contributed by atoms with Gasteiger partial charge in [0.2, 0.25) is 0 Å². The molecule has 2 aliphatic heterocycles. The van der Waals surface area contributed by atoms with Crippen LogP contribution >= 0.6 is 0 Å². The second kappa shape index (κ2) is 8.51. The van der Waals surface area contributed by atoms with E-state index < -0.39 is 18.0 Å². The van der Waals surface area contributed by atoms with Crippen molar-refractivity contribution in [1.29, 1.82) is 0 Å². The molecule has 0 amide bonds. The van der Waals surface area contributed by atoms with Gasteiger partial charge >= 0.3 is 5.97 Å². The van der Waals surface area contributed by atoms with Gasteiger partial charge in [0.15, 0.2) is 12.1 Å². The van der Waals surface area contributed by atoms with E-state index in [-0.39, 0.29) is 34.6 Å². The zero-order valence-electron chi connectivity index (χ0n) is 22.2. The van der Waals surface area contributed by atoms with Crippen LogP contribution < -0.4 is 0 Å². The molecule has 0 aromatic heterocycles. The largest absolute Gasteiger partial charge is 0.458 e. The molecule has 11 atom stereocenters. The summed E-state index contributed by atoms with van der Waals surface area (Å²) >= 11 is 0. The summed E-state index contributed by atoms with van der Waals surface area (Å²) in [4.78, 5) is 23.6. The van der Waals surface area contributed by atoms with Gasteiger partial charge in [-0.05, 0) is 111 Å². The summed E-state index contributed by atoms with van der Waals surface area (Å²) in [5.41, 5.74) is 0.369. The van der Waals surface area contributed by atoms with Gasteiger partial charge < -0.3 is 19.3 Å². The number of aliphatic hydroxyl groups is 1. The molecule has 0 saturated heterocycles. The standard InChI is InChI=1S/C30H42O6/c1-17-13-24-23(30(33)12-10-22(29(17,30)4)19-14-26(32)34-16-19)6-5-20-15-21(9-11-28(20,24)3)36-27-8-7-25(31)18(2)35-27/h7-8,14,17-18,20-24,27,33H,5-6,9-13,15-16H2,1-4H3/t17-,18+,20-,21+,22-,23-,24+,27+,28+,29-,30+/m1/s1. The highest BCUT2D eigenvalue weighted by molar-refractivity contribution is 5.93. The first-order chi connectivity index (χ1) is 17.1. The Labute approximate surface area is 214 Å². The van der Waals surface area contributed by atoms with Crippen LogP contribution in [0.15, 0.2) is 23.8 Å². The van der Waals surface area contributed by atoms with E-state index in [2.05, 4.69) is 20.8 Å². The van der Waals surface area contributed by atoms with E-state index in [4.69, 9.17) is 14.2 Å². The first kappa shape index (κ1) is 24.8. The third kappa shape index (κ3) is 3.46. The van der Waals surface area contributed by atoms with Gasteiger partial charge in [-0.1, -0.05) is 20.8 Å². The number of hydrogen-bond donors (Lipinski definition) is 1. The molecule has 4 aliphatic carbocycles. The van der Waals surface area contributed by atoms with Crippen molar-refractivity contribution in [2.45, 2.75) is 103 Å². The van der Waals surface area contributed by atoms with Crippen molar-refractivity contribution in [2.75, 3.05) is 6.61 Å². The van der Waals surface area contributed by atoms with Gasteiger partial charge in [-0.25, -0.2) is 4.79 Å². The zero-order chi connectivity index (χ0) is 25.5. The molecule has 0 unspecified atom stereocenters. The molecule has 0 aromatic carbocycles. The Morgan fingerprint density at radius 3 is 2.56 bits per heavy atom. The molecule has 36 heavy (non-hydrogen) atoms. The molecule has 6 rings (SSSR count). The van der Waals surface area contributed by atoms with Crippen molar-refractivity contribution in [1.82, 2.24) is 0 Å². The average molecular weight is 499 g/mol. The van der Waals surface area contributed by atoms with Crippen molar-refractivity contribution in [2.24, 2.45) is 40.4 Å². The summed E-state index contributed by atoms with van der Waals surface area (Å²) in [6, 6.07) is 0. The minimum Gasteiger partial charge on any atom is -0.458 e. The van der Waals surface area contributed by atoms with Gasteiger partial charge in [-0.2, -0.15) is 0 Å². The fourth-order valence-corrected chi connectivity index (χ4v) is 9.75. The van der Waals surface area contributed by atoms with Crippen molar-refractivity contribution < 1.29 is 28.9 Å². The number of hydrogen-bond acceptors (Lipinski definition) is 6. The number of ketones is 1. The quantitative estimate of drug-likeness (QED) is 0.566. The van der Waals surface area contributed by atoms with E-state index in [0.717, 1.165) is 56.9 Å². The molecule has 4 saturated carbocycles. The second-order valence-corrected chi connectivity index (χ2v) is 13.2. The molecule has 6 heteroatoms. The Balaban J connectivity index is 1.20. The van der Waals surface area contributed by atoms with Crippen LogP contribution in [0.1, 0.15) is 79.1 Å². The maximum atomic E-state index is 12.5. The fourth-order valence-electron chi connectivity index (χ4n) is 9.75. The molecule has 198 valence electrons. The Kier molecular flexibility index (Phi) is 5.86. The third-order valence-electron chi connectivity index (χ3n) is 12.0. The predicted octanol–water partition coefficient (Wildman–Crippen LogP) is 4.74. The highest BCUT2D eigenvalue weighted by atomic mass is 16.7. The van der Waals surface area contributed by atoms with Gasteiger partial charge in [0.25, 0.3) is 0 Å². The van der Waals surface area contributed by atoms with Crippen LogP contribution in [0.5, 0.6) is 0 Å². The van der Waals surface area contributed by atoms with Crippen LogP contribution in [0.4, 0.5) is 0 Å². The topological polar surface area (TPSA) is 82.1 Å². The Morgan fingerprint density at radius 2 is 1.83 bits per heavy atom. The summed E-state index contributed by atoms with van der Waals surface area (Å²) in [5.74, 6) is 1.74. The minimum absolute atomic E-state index is 0.00163. The summed E-state index contributed by atoms with van der Waals surface area (Å²) in [6.07, 6.45) is 12.5. The van der Waals surface area contributed by atoms with Crippen LogP contribution in [0, 0.1) is 40.4 Å². The number of cyclic esters (lactones) is 1. The molecule has 0 aromatic rings. The highest BCUT2D eigenvalue weighted by Gasteiger charge is 2.69. The molecule has 0 bridgehead atoms. The number of rotatable bonds is 3. The van der Waals surface area contributed by atoms with E-state index in [1.54, 1.807) is 25.2 Å². The molecule has 2 heterocycles. The van der Waals surface area contributed by atoms with Crippen molar-refractivity contribution >= 4 is 11.8 Å². The average Bonchev–Trinajstić information content (AvgIpc) is 3.38. The van der Waals surface area contributed by atoms with Crippen molar-refractivity contribution in [3.05, 3.63) is 23.8 Å². The van der Waals surface area contributed by atoms with Crippen LogP contribution in [0.2, 0.25) is 0 Å². The molecule has 4 fully saturated rings. The lowest BCUT2D eigenvalue weighted by atomic mass is 9.41. The Hall–Kier alpha value is -1.50. The monoisotopic (exact) mass is 498 g/mol. The van der Waals surface area contributed by atoms with Gasteiger partial charge in [0.05, 0.1) is 11.7 Å². The maximum absolute atomic E-state index is 12.5. The predicted molar refractivity (Wildman–Crippen MR) is 134 cm³/mol. The van der Waals surface area contributed by atoms with Gasteiger partial charge in [-0.3, -0.25) is 4.79 Å². The number of carbonyl (C=O) groups is 2. The summed E-state index contributed by atoms with van der Waals surface area (Å²) < 4.78 is 17.4. The molecule has 0 radical (unpaired) electrons. The van der Waals surface area contributed by atoms with Gasteiger partial charge in [-0.15, -0.1) is 0 Å². The number of ether oxygens (including phenoxy) is 3. The second-order valence-electron chi connectivity index (χ2n) is 13.2. The molecule has 1 N–H and O–H groups in total. The summed E-state index contributed by atoms with van der Waals surface area (Å²) in [5, 5.41) is 12.5. The molecular formula is C30H42O6. The molecule has 0 spiro atoms. The first-order valence-corrected chi connectivity index (χ1v) is 14.2. The van der Waals surface area contributed by atoms with E-state index in [9.17, 15) is 14.7 Å². The number of fused-ring (bicyclic) bond motifs is 5. The zero-order valence-corrected chi connectivity index (χ0v) is 22.2. The Bertz CT molecular complexity index is 1000. The highest BCUT2D eigenvalue weighted by Crippen LogP contribution is 2.71. The molecule has 6 nitrogen and oxygen atoms in total. The SMILES string of the molecule is C[C@@H]1O[C@@H](O[C@H]2CC[C@@]3(C)[C@H](CC[C@@H]4[C@@H]3C[C@@H](C)[C@]3(C)[C@@H](C5=CC(=O)OC5)CC[C@]43O)C2)C=CC1=O. The normalized spacial score (nSPS) is 52.3. The maximum Gasteiger partial charge on any atom is 0.331 e. The lowest BCUT2D eigenvalue weighted by molar-refractivity contribution is -0.235. The van der Waals surface area contributed by atoms with Crippen LogP contribution in [0.25, 0.3) is 0 Å². The molecular weight excluding hydrogens is 456 g/mol. The van der Waals surface area contributed by atoms with Crippen molar-refractivity contribution in [3.8, 4) is 0 Å². The Morgan fingerprint density at radius 1 is 1.03 bits per heavy atom.